The molecule has 1 aliphatic heterocycles. The SMILES string of the molecule is C#CCCC(N)CC1OCCO1. The molecule has 3 heteroatoms. The first-order valence-electron chi connectivity index (χ1n) is 4.25. The Kier molecular flexibility index (Phi) is 4.09. The molecule has 0 aromatic rings. The average molecular weight is 169 g/mol. The highest BCUT2D eigenvalue weighted by atomic mass is 16.7. The van der Waals surface area contributed by atoms with Gasteiger partial charge in [0.25, 0.3) is 0 Å². The zero-order valence-electron chi connectivity index (χ0n) is 7.16. The van der Waals surface area contributed by atoms with Crippen LogP contribution in [0.25, 0.3) is 0 Å². The minimum atomic E-state index is -0.0993. The third-order valence-electron chi connectivity index (χ3n) is 1.85. The summed E-state index contributed by atoms with van der Waals surface area (Å²) in [6.07, 6.45) is 7.35. The lowest BCUT2D eigenvalue weighted by Crippen LogP contribution is -2.26. The van der Waals surface area contributed by atoms with Gasteiger partial charge in [0.15, 0.2) is 6.29 Å². The molecule has 0 amide bonds. The van der Waals surface area contributed by atoms with Crippen molar-refractivity contribution in [3.05, 3.63) is 0 Å². The summed E-state index contributed by atoms with van der Waals surface area (Å²) in [4.78, 5) is 0. The summed E-state index contributed by atoms with van der Waals surface area (Å²) in [5, 5.41) is 0. The van der Waals surface area contributed by atoms with E-state index in [1.54, 1.807) is 0 Å². The number of terminal acetylenes is 1. The second-order valence-corrected chi connectivity index (χ2v) is 2.91. The molecule has 0 saturated carbocycles. The van der Waals surface area contributed by atoms with Gasteiger partial charge < -0.3 is 15.2 Å². The van der Waals surface area contributed by atoms with Crippen molar-refractivity contribution in [1.82, 2.24) is 0 Å². The van der Waals surface area contributed by atoms with E-state index in [1.807, 2.05) is 0 Å². The van der Waals surface area contributed by atoms with Crippen LogP contribution in [0.4, 0.5) is 0 Å². The molecular formula is C9H15NO2. The summed E-state index contributed by atoms with van der Waals surface area (Å²) in [5.74, 6) is 2.56. The standard InChI is InChI=1S/C9H15NO2/c1-2-3-4-8(10)7-9-11-5-6-12-9/h1,8-9H,3-7,10H2. The Bertz CT molecular complexity index is 158. The van der Waals surface area contributed by atoms with E-state index in [4.69, 9.17) is 21.6 Å². The van der Waals surface area contributed by atoms with E-state index >= 15 is 0 Å². The van der Waals surface area contributed by atoms with Crippen LogP contribution in [0.2, 0.25) is 0 Å². The average Bonchev–Trinajstić information content (AvgIpc) is 2.53. The molecule has 0 aromatic heterocycles. The predicted octanol–water partition coefficient (Wildman–Crippen LogP) is 0.490. The topological polar surface area (TPSA) is 44.5 Å². The van der Waals surface area contributed by atoms with E-state index in [2.05, 4.69) is 5.92 Å². The lowest BCUT2D eigenvalue weighted by Gasteiger charge is -2.14. The molecule has 1 fully saturated rings. The van der Waals surface area contributed by atoms with Crippen LogP contribution in [0.5, 0.6) is 0 Å². The van der Waals surface area contributed by atoms with E-state index < -0.39 is 0 Å². The Morgan fingerprint density at radius 2 is 2.17 bits per heavy atom. The lowest BCUT2D eigenvalue weighted by atomic mass is 10.1. The van der Waals surface area contributed by atoms with Crippen molar-refractivity contribution >= 4 is 0 Å². The molecule has 0 spiro atoms. The minimum Gasteiger partial charge on any atom is -0.350 e. The molecule has 1 unspecified atom stereocenters. The molecule has 0 aromatic carbocycles. The van der Waals surface area contributed by atoms with Crippen LogP contribution in [0, 0.1) is 12.3 Å². The Morgan fingerprint density at radius 1 is 1.50 bits per heavy atom. The maximum Gasteiger partial charge on any atom is 0.159 e. The van der Waals surface area contributed by atoms with Gasteiger partial charge in [0.05, 0.1) is 13.2 Å². The highest BCUT2D eigenvalue weighted by molar-refractivity contribution is 4.85. The van der Waals surface area contributed by atoms with Gasteiger partial charge >= 0.3 is 0 Å². The van der Waals surface area contributed by atoms with E-state index in [0.717, 1.165) is 19.3 Å². The van der Waals surface area contributed by atoms with Crippen LogP contribution >= 0.6 is 0 Å². The molecule has 12 heavy (non-hydrogen) atoms. The summed E-state index contributed by atoms with van der Waals surface area (Å²) < 4.78 is 10.5. The Morgan fingerprint density at radius 3 is 2.75 bits per heavy atom. The molecule has 0 aliphatic carbocycles. The number of hydrogen-bond donors (Lipinski definition) is 1. The number of hydrogen-bond acceptors (Lipinski definition) is 3. The first-order chi connectivity index (χ1) is 5.83. The highest BCUT2D eigenvalue weighted by Gasteiger charge is 2.18. The third-order valence-corrected chi connectivity index (χ3v) is 1.85. The predicted molar refractivity (Wildman–Crippen MR) is 46.4 cm³/mol. The molecular weight excluding hydrogens is 154 g/mol. The van der Waals surface area contributed by atoms with Gasteiger partial charge in [0.1, 0.15) is 0 Å². The maximum atomic E-state index is 5.78. The Labute approximate surface area is 73.2 Å². The molecule has 1 rings (SSSR count). The van der Waals surface area contributed by atoms with Crippen LogP contribution < -0.4 is 5.73 Å². The fraction of sp³-hybridized carbons (Fsp3) is 0.778. The first kappa shape index (κ1) is 9.53. The van der Waals surface area contributed by atoms with Gasteiger partial charge in [0, 0.05) is 18.9 Å². The van der Waals surface area contributed by atoms with E-state index in [0.29, 0.717) is 13.2 Å². The van der Waals surface area contributed by atoms with Crippen molar-refractivity contribution in [2.75, 3.05) is 13.2 Å². The van der Waals surface area contributed by atoms with Crippen molar-refractivity contribution in [2.24, 2.45) is 5.73 Å². The number of rotatable bonds is 4. The van der Waals surface area contributed by atoms with Crippen molar-refractivity contribution in [3.63, 3.8) is 0 Å². The van der Waals surface area contributed by atoms with Crippen LogP contribution in [0.1, 0.15) is 19.3 Å². The number of nitrogens with two attached hydrogens (primary N) is 1. The van der Waals surface area contributed by atoms with E-state index in [1.165, 1.54) is 0 Å². The molecule has 3 nitrogen and oxygen atoms in total. The summed E-state index contributed by atoms with van der Waals surface area (Å²) in [6.45, 7) is 1.37. The maximum absolute atomic E-state index is 5.78. The molecule has 2 N–H and O–H groups in total. The van der Waals surface area contributed by atoms with Gasteiger partial charge in [-0.15, -0.1) is 12.3 Å². The molecule has 1 aliphatic rings. The Balaban J connectivity index is 2.08. The fourth-order valence-electron chi connectivity index (χ4n) is 1.18. The van der Waals surface area contributed by atoms with Gasteiger partial charge in [-0.25, -0.2) is 0 Å². The molecule has 68 valence electrons. The summed E-state index contributed by atoms with van der Waals surface area (Å²) >= 11 is 0. The lowest BCUT2D eigenvalue weighted by molar-refractivity contribution is -0.0508. The molecule has 1 atom stereocenters. The minimum absolute atomic E-state index is 0.0993. The zero-order chi connectivity index (χ0) is 8.81. The largest absolute Gasteiger partial charge is 0.350 e. The van der Waals surface area contributed by atoms with Crippen LogP contribution in [-0.2, 0) is 9.47 Å². The second-order valence-electron chi connectivity index (χ2n) is 2.91. The quantitative estimate of drug-likeness (QED) is 0.623. The van der Waals surface area contributed by atoms with E-state index in [-0.39, 0.29) is 12.3 Å². The summed E-state index contributed by atoms with van der Waals surface area (Å²) in [7, 11) is 0. The van der Waals surface area contributed by atoms with E-state index in [9.17, 15) is 0 Å². The van der Waals surface area contributed by atoms with Crippen molar-refractivity contribution in [3.8, 4) is 12.3 Å². The van der Waals surface area contributed by atoms with Gasteiger partial charge in [-0.1, -0.05) is 0 Å². The Hall–Kier alpha value is -0.560. The normalized spacial score (nSPS) is 20.7. The van der Waals surface area contributed by atoms with Gasteiger partial charge in [-0.2, -0.15) is 0 Å². The second kappa shape index (κ2) is 5.15. The monoisotopic (exact) mass is 169 g/mol. The van der Waals surface area contributed by atoms with Crippen LogP contribution in [0.15, 0.2) is 0 Å². The van der Waals surface area contributed by atoms with Crippen LogP contribution in [0.3, 0.4) is 0 Å². The highest BCUT2D eigenvalue weighted by Crippen LogP contribution is 2.11. The molecule has 1 saturated heterocycles. The molecule has 0 radical (unpaired) electrons. The van der Waals surface area contributed by atoms with Gasteiger partial charge in [-0.05, 0) is 6.42 Å². The zero-order valence-corrected chi connectivity index (χ0v) is 7.16. The number of ether oxygens (including phenoxy) is 2. The van der Waals surface area contributed by atoms with Crippen molar-refractivity contribution < 1.29 is 9.47 Å². The van der Waals surface area contributed by atoms with Gasteiger partial charge in [0.2, 0.25) is 0 Å². The fourth-order valence-corrected chi connectivity index (χ4v) is 1.18. The van der Waals surface area contributed by atoms with Gasteiger partial charge in [-0.3, -0.25) is 0 Å². The third kappa shape index (κ3) is 3.22. The van der Waals surface area contributed by atoms with Crippen molar-refractivity contribution in [2.45, 2.75) is 31.6 Å². The van der Waals surface area contributed by atoms with Crippen molar-refractivity contribution in [1.29, 1.82) is 0 Å². The smallest absolute Gasteiger partial charge is 0.159 e. The summed E-state index contributed by atoms with van der Waals surface area (Å²) in [6, 6.07) is 0.101. The molecule has 1 heterocycles. The summed E-state index contributed by atoms with van der Waals surface area (Å²) in [5.41, 5.74) is 5.78. The first-order valence-corrected chi connectivity index (χ1v) is 4.25. The van der Waals surface area contributed by atoms with Crippen LogP contribution in [-0.4, -0.2) is 25.5 Å². The molecule has 0 bridgehead atoms.